The predicted molar refractivity (Wildman–Crippen MR) is 70.3 cm³/mol. The summed E-state index contributed by atoms with van der Waals surface area (Å²) in [6.07, 6.45) is 1.24. The number of benzene rings is 1. The highest BCUT2D eigenvalue weighted by Crippen LogP contribution is 2.16. The first-order valence-corrected chi connectivity index (χ1v) is 6.57. The Morgan fingerprint density at radius 2 is 2.28 bits per heavy atom. The van der Waals surface area contributed by atoms with E-state index in [4.69, 9.17) is 4.74 Å². The third-order valence-corrected chi connectivity index (χ3v) is 3.24. The molecule has 0 bridgehead atoms. The maximum Gasteiger partial charge on any atom is 0.338 e. The van der Waals surface area contributed by atoms with Crippen molar-refractivity contribution in [3.05, 3.63) is 33.8 Å². The summed E-state index contributed by atoms with van der Waals surface area (Å²) >= 11 is 3.34. The summed E-state index contributed by atoms with van der Waals surface area (Å²) in [6, 6.07) is 5.38. The third kappa shape index (κ3) is 3.32. The molecule has 0 unspecified atom stereocenters. The lowest BCUT2D eigenvalue weighted by atomic mass is 10.1. The zero-order valence-corrected chi connectivity index (χ0v) is 11.6. The largest absolute Gasteiger partial charge is 0.460 e. The van der Waals surface area contributed by atoms with E-state index in [0.717, 1.165) is 16.5 Å². The van der Waals surface area contributed by atoms with Gasteiger partial charge in [-0.25, -0.2) is 4.79 Å². The van der Waals surface area contributed by atoms with E-state index in [1.807, 2.05) is 13.0 Å². The number of carbonyl (C=O) groups is 2. The first kappa shape index (κ1) is 13.1. The van der Waals surface area contributed by atoms with Gasteiger partial charge in [-0.2, -0.15) is 0 Å². The van der Waals surface area contributed by atoms with Crippen molar-refractivity contribution in [2.24, 2.45) is 0 Å². The van der Waals surface area contributed by atoms with Crippen LogP contribution in [0.2, 0.25) is 0 Å². The Morgan fingerprint density at radius 1 is 1.50 bits per heavy atom. The van der Waals surface area contributed by atoms with E-state index in [2.05, 4.69) is 21.2 Å². The van der Waals surface area contributed by atoms with Crippen LogP contribution in [0.4, 0.5) is 0 Å². The van der Waals surface area contributed by atoms with Crippen LogP contribution in [0.3, 0.4) is 0 Å². The first-order valence-electron chi connectivity index (χ1n) is 5.78. The monoisotopic (exact) mass is 311 g/mol. The second-order valence-electron chi connectivity index (χ2n) is 4.42. The minimum absolute atomic E-state index is 0.0225. The van der Waals surface area contributed by atoms with Gasteiger partial charge in [0.1, 0.15) is 6.61 Å². The van der Waals surface area contributed by atoms with Gasteiger partial charge in [0.25, 0.3) is 0 Å². The second kappa shape index (κ2) is 5.52. The van der Waals surface area contributed by atoms with Crippen LogP contribution < -0.4 is 5.32 Å². The van der Waals surface area contributed by atoms with Crippen molar-refractivity contribution >= 4 is 27.8 Å². The molecule has 1 aliphatic rings. The smallest absolute Gasteiger partial charge is 0.338 e. The number of aryl methyl sites for hydroxylation is 1. The highest BCUT2D eigenvalue weighted by Gasteiger charge is 2.22. The maximum atomic E-state index is 11.8. The highest BCUT2D eigenvalue weighted by molar-refractivity contribution is 9.10. The molecule has 4 nitrogen and oxygen atoms in total. The molecule has 1 amide bonds. The summed E-state index contributed by atoms with van der Waals surface area (Å²) in [5, 5.41) is 2.76. The van der Waals surface area contributed by atoms with Crippen LogP contribution in [0, 0.1) is 6.92 Å². The fourth-order valence-electron chi connectivity index (χ4n) is 1.92. The van der Waals surface area contributed by atoms with Crippen molar-refractivity contribution in [2.45, 2.75) is 25.8 Å². The van der Waals surface area contributed by atoms with Gasteiger partial charge in [0.05, 0.1) is 11.6 Å². The lowest BCUT2D eigenvalue weighted by molar-refractivity contribution is -0.119. The number of amides is 1. The second-order valence-corrected chi connectivity index (χ2v) is 5.33. The first-order chi connectivity index (χ1) is 8.54. The number of hydrogen-bond donors (Lipinski definition) is 1. The SMILES string of the molecule is Cc1cc(Br)cc(C(=O)OC[C@@H]2CCC(=O)N2)c1. The minimum Gasteiger partial charge on any atom is -0.460 e. The van der Waals surface area contributed by atoms with Crippen molar-refractivity contribution in [1.29, 1.82) is 0 Å². The van der Waals surface area contributed by atoms with Crippen LogP contribution in [-0.2, 0) is 9.53 Å². The topological polar surface area (TPSA) is 55.4 Å². The van der Waals surface area contributed by atoms with Crippen molar-refractivity contribution < 1.29 is 14.3 Å². The molecule has 0 aromatic heterocycles. The van der Waals surface area contributed by atoms with Crippen molar-refractivity contribution in [3.63, 3.8) is 0 Å². The summed E-state index contributed by atoms with van der Waals surface area (Å²) in [6.45, 7) is 2.15. The van der Waals surface area contributed by atoms with Crippen LogP contribution in [0.25, 0.3) is 0 Å². The normalized spacial score (nSPS) is 18.6. The van der Waals surface area contributed by atoms with E-state index in [9.17, 15) is 9.59 Å². The Morgan fingerprint density at radius 3 is 2.89 bits per heavy atom. The summed E-state index contributed by atoms with van der Waals surface area (Å²) in [4.78, 5) is 22.8. The fourth-order valence-corrected chi connectivity index (χ4v) is 2.52. The maximum absolute atomic E-state index is 11.8. The number of esters is 1. The van der Waals surface area contributed by atoms with E-state index in [1.165, 1.54) is 0 Å². The lowest BCUT2D eigenvalue weighted by Crippen LogP contribution is -2.30. The van der Waals surface area contributed by atoms with E-state index >= 15 is 0 Å². The molecule has 0 aliphatic carbocycles. The molecule has 1 saturated heterocycles. The van der Waals surface area contributed by atoms with E-state index in [0.29, 0.717) is 12.0 Å². The minimum atomic E-state index is -0.361. The van der Waals surface area contributed by atoms with Crippen LogP contribution >= 0.6 is 15.9 Å². The molecule has 2 rings (SSSR count). The van der Waals surface area contributed by atoms with Gasteiger partial charge < -0.3 is 10.1 Å². The lowest BCUT2D eigenvalue weighted by Gasteiger charge is -2.11. The van der Waals surface area contributed by atoms with Crippen molar-refractivity contribution in [3.8, 4) is 0 Å². The Balaban J connectivity index is 1.93. The van der Waals surface area contributed by atoms with Gasteiger partial charge in [0.15, 0.2) is 0 Å². The standard InChI is InChI=1S/C13H14BrNO3/c1-8-4-9(6-10(14)5-8)13(17)18-7-11-2-3-12(16)15-11/h4-6,11H,2-3,7H2,1H3,(H,15,16)/t11-/m0/s1. The molecule has 1 aromatic carbocycles. The number of carbonyl (C=O) groups excluding carboxylic acids is 2. The number of halogens is 1. The van der Waals surface area contributed by atoms with Gasteiger partial charge >= 0.3 is 5.97 Å². The van der Waals surface area contributed by atoms with Gasteiger partial charge in [-0.05, 0) is 37.1 Å². The van der Waals surface area contributed by atoms with Crippen LogP contribution in [0.5, 0.6) is 0 Å². The molecule has 1 heterocycles. The molecule has 1 fully saturated rings. The zero-order valence-electron chi connectivity index (χ0n) is 10.0. The molecule has 1 aromatic rings. The van der Waals surface area contributed by atoms with E-state index in [-0.39, 0.29) is 24.5 Å². The van der Waals surface area contributed by atoms with Gasteiger partial charge in [-0.3, -0.25) is 4.79 Å². The third-order valence-electron chi connectivity index (χ3n) is 2.78. The molecule has 5 heteroatoms. The number of hydrogen-bond acceptors (Lipinski definition) is 3. The molecule has 0 spiro atoms. The fraction of sp³-hybridized carbons (Fsp3) is 0.385. The molecule has 1 N–H and O–H groups in total. The Bertz CT molecular complexity index is 467. The molecule has 18 heavy (non-hydrogen) atoms. The highest BCUT2D eigenvalue weighted by atomic mass is 79.9. The summed E-state index contributed by atoms with van der Waals surface area (Å²) in [7, 11) is 0. The quantitative estimate of drug-likeness (QED) is 0.871. The average Bonchev–Trinajstić information content (AvgIpc) is 2.70. The summed E-state index contributed by atoms with van der Waals surface area (Å²) in [5.41, 5.74) is 1.51. The number of rotatable bonds is 3. The predicted octanol–water partition coefficient (Wildman–Crippen LogP) is 2.19. The van der Waals surface area contributed by atoms with Crippen LogP contribution in [-0.4, -0.2) is 24.5 Å². The Hall–Kier alpha value is -1.36. The van der Waals surface area contributed by atoms with Gasteiger partial charge in [0, 0.05) is 10.9 Å². The summed E-state index contributed by atoms with van der Waals surface area (Å²) in [5.74, 6) is -0.338. The molecule has 1 aliphatic heterocycles. The van der Waals surface area contributed by atoms with Gasteiger partial charge in [-0.1, -0.05) is 15.9 Å². The van der Waals surface area contributed by atoms with Crippen molar-refractivity contribution in [2.75, 3.05) is 6.61 Å². The summed E-state index contributed by atoms with van der Waals surface area (Å²) < 4.78 is 6.05. The molecular weight excluding hydrogens is 298 g/mol. The van der Waals surface area contributed by atoms with E-state index in [1.54, 1.807) is 12.1 Å². The number of ether oxygens (including phenoxy) is 1. The molecule has 96 valence electrons. The molecule has 1 atom stereocenters. The van der Waals surface area contributed by atoms with Gasteiger partial charge in [-0.15, -0.1) is 0 Å². The van der Waals surface area contributed by atoms with Crippen molar-refractivity contribution in [1.82, 2.24) is 5.32 Å². The molecule has 0 radical (unpaired) electrons. The Kier molecular flexibility index (Phi) is 4.01. The molecule has 0 saturated carbocycles. The zero-order chi connectivity index (χ0) is 13.1. The number of nitrogens with one attached hydrogen (secondary N) is 1. The van der Waals surface area contributed by atoms with Gasteiger partial charge in [0.2, 0.25) is 5.91 Å². The van der Waals surface area contributed by atoms with Crippen LogP contribution in [0.1, 0.15) is 28.8 Å². The average molecular weight is 312 g/mol. The van der Waals surface area contributed by atoms with Crippen LogP contribution in [0.15, 0.2) is 22.7 Å². The molecular formula is C13H14BrNO3. The Labute approximate surface area is 114 Å². The van der Waals surface area contributed by atoms with E-state index < -0.39 is 0 Å².